The lowest BCUT2D eigenvalue weighted by atomic mass is 9.89. The molecule has 0 unspecified atom stereocenters. The monoisotopic (exact) mass is 364 g/mol. The van der Waals surface area contributed by atoms with Crippen LogP contribution in [0.3, 0.4) is 0 Å². The molecule has 7 heteroatoms. The lowest BCUT2D eigenvalue weighted by Gasteiger charge is -2.30. The van der Waals surface area contributed by atoms with Crippen LogP contribution in [-0.2, 0) is 14.9 Å². The van der Waals surface area contributed by atoms with Gasteiger partial charge in [-0.1, -0.05) is 27.2 Å². The number of quaternary nitrogens is 1. The minimum Gasteiger partial charge on any atom is -0.748 e. The highest BCUT2D eigenvalue weighted by Gasteiger charge is 2.24. The predicted octanol–water partition coefficient (Wildman–Crippen LogP) is 2.11. The second-order valence-electron chi connectivity index (χ2n) is 7.91. The standard InChI is InChI=1S/C17H36N2O4S/c1-6-17(2,3)16(20)18-12-11-14-19(4,5)13-9-7-8-10-15-24(21,22)23/h6-15H2,1-5H3,(H-,18,20,21,22,23). The number of carbonyl (C=O) groups is 1. The van der Waals surface area contributed by atoms with Crippen LogP contribution in [0.1, 0.15) is 59.3 Å². The molecule has 0 bridgehead atoms. The van der Waals surface area contributed by atoms with Gasteiger partial charge in [0, 0.05) is 24.1 Å². The first-order valence-electron chi connectivity index (χ1n) is 8.93. The maximum Gasteiger partial charge on any atom is 0.225 e. The number of nitrogens with zero attached hydrogens (tertiary/aromatic N) is 1. The van der Waals surface area contributed by atoms with E-state index < -0.39 is 10.1 Å². The van der Waals surface area contributed by atoms with Crippen LogP contribution in [0.15, 0.2) is 0 Å². The molecule has 0 aromatic carbocycles. The fourth-order valence-electron chi connectivity index (χ4n) is 2.39. The minimum absolute atomic E-state index is 0.114. The van der Waals surface area contributed by atoms with Gasteiger partial charge in [-0.3, -0.25) is 4.79 Å². The third kappa shape index (κ3) is 11.8. The smallest absolute Gasteiger partial charge is 0.225 e. The lowest BCUT2D eigenvalue weighted by molar-refractivity contribution is -0.890. The van der Waals surface area contributed by atoms with Gasteiger partial charge >= 0.3 is 0 Å². The summed E-state index contributed by atoms with van der Waals surface area (Å²) in [4.78, 5) is 12.0. The third-order valence-corrected chi connectivity index (χ3v) is 5.42. The summed E-state index contributed by atoms with van der Waals surface area (Å²) in [5.74, 6) is -0.136. The van der Waals surface area contributed by atoms with Crippen LogP contribution in [0.2, 0.25) is 0 Å². The van der Waals surface area contributed by atoms with E-state index in [9.17, 15) is 17.8 Å². The van der Waals surface area contributed by atoms with E-state index in [1.165, 1.54) is 0 Å². The van der Waals surface area contributed by atoms with Gasteiger partial charge in [0.05, 0.1) is 37.3 Å². The minimum atomic E-state index is -4.06. The van der Waals surface area contributed by atoms with E-state index in [0.717, 1.165) is 49.7 Å². The van der Waals surface area contributed by atoms with E-state index in [2.05, 4.69) is 19.4 Å². The highest BCUT2D eigenvalue weighted by molar-refractivity contribution is 7.85. The van der Waals surface area contributed by atoms with E-state index >= 15 is 0 Å². The Bertz CT molecular complexity index is 473. The van der Waals surface area contributed by atoms with E-state index in [0.29, 0.717) is 13.0 Å². The first kappa shape index (κ1) is 23.3. The average Bonchev–Trinajstić information content (AvgIpc) is 2.45. The molecule has 0 aromatic heterocycles. The Morgan fingerprint density at radius 2 is 1.58 bits per heavy atom. The fraction of sp³-hybridized carbons (Fsp3) is 0.941. The highest BCUT2D eigenvalue weighted by atomic mass is 32.2. The number of nitrogens with one attached hydrogen (secondary N) is 1. The van der Waals surface area contributed by atoms with Crippen LogP contribution in [0.5, 0.6) is 0 Å². The summed E-state index contributed by atoms with van der Waals surface area (Å²) in [5, 5.41) is 3.01. The molecule has 0 aliphatic heterocycles. The second kappa shape index (κ2) is 10.4. The quantitative estimate of drug-likeness (QED) is 0.308. The lowest BCUT2D eigenvalue weighted by Crippen LogP contribution is -2.43. The molecule has 1 amide bonds. The summed E-state index contributed by atoms with van der Waals surface area (Å²) in [6.07, 6.45) is 4.96. The molecule has 0 atom stereocenters. The topological polar surface area (TPSA) is 86.3 Å². The molecule has 0 fully saturated rings. The third-order valence-electron chi connectivity index (χ3n) is 4.63. The molecule has 0 spiro atoms. The van der Waals surface area contributed by atoms with Gasteiger partial charge in [0.2, 0.25) is 5.91 Å². The number of amides is 1. The molecule has 144 valence electrons. The van der Waals surface area contributed by atoms with Crippen LogP contribution in [-0.4, -0.2) is 62.8 Å². The second-order valence-corrected chi connectivity index (χ2v) is 9.43. The Morgan fingerprint density at radius 1 is 1.04 bits per heavy atom. The van der Waals surface area contributed by atoms with Gasteiger partial charge in [-0.15, -0.1) is 0 Å². The SMILES string of the molecule is CCC(C)(C)C(=O)NCCC[N+](C)(C)CCCCCCS(=O)(=O)[O-]. The molecule has 1 N–H and O–H groups in total. The van der Waals surface area contributed by atoms with Crippen molar-refractivity contribution in [2.75, 3.05) is 39.5 Å². The first-order valence-corrected chi connectivity index (χ1v) is 10.5. The average molecular weight is 365 g/mol. The molecule has 0 rings (SSSR count). The zero-order chi connectivity index (χ0) is 18.9. The van der Waals surface area contributed by atoms with Crippen LogP contribution >= 0.6 is 0 Å². The Morgan fingerprint density at radius 3 is 2.12 bits per heavy atom. The molecule has 6 nitrogen and oxygen atoms in total. The van der Waals surface area contributed by atoms with Gasteiger partial charge in [-0.25, -0.2) is 8.42 Å². The van der Waals surface area contributed by atoms with Crippen molar-refractivity contribution < 1.29 is 22.2 Å². The number of hydrogen-bond donors (Lipinski definition) is 1. The molecule has 0 saturated heterocycles. The van der Waals surface area contributed by atoms with Crippen molar-refractivity contribution in [1.29, 1.82) is 0 Å². The van der Waals surface area contributed by atoms with Crippen molar-refractivity contribution in [3.05, 3.63) is 0 Å². The molecular formula is C17H36N2O4S. The molecule has 0 radical (unpaired) electrons. The number of carbonyl (C=O) groups excluding carboxylic acids is 1. The van der Waals surface area contributed by atoms with Crippen molar-refractivity contribution >= 4 is 16.0 Å². The summed E-state index contributed by atoms with van der Waals surface area (Å²) in [5.41, 5.74) is -0.304. The van der Waals surface area contributed by atoms with Crippen molar-refractivity contribution in [1.82, 2.24) is 5.32 Å². The molecule has 0 aliphatic carbocycles. The van der Waals surface area contributed by atoms with Crippen LogP contribution in [0.25, 0.3) is 0 Å². The summed E-state index contributed by atoms with van der Waals surface area (Å²) in [7, 11) is 0.270. The summed E-state index contributed by atoms with van der Waals surface area (Å²) in [6.45, 7) is 8.64. The Kier molecular flexibility index (Phi) is 10.1. The molecular weight excluding hydrogens is 328 g/mol. The Balaban J connectivity index is 3.81. The highest BCUT2D eigenvalue weighted by Crippen LogP contribution is 2.19. The van der Waals surface area contributed by atoms with Gasteiger partial charge < -0.3 is 14.4 Å². The summed E-state index contributed by atoms with van der Waals surface area (Å²) < 4.78 is 32.4. The number of rotatable bonds is 13. The number of hydrogen-bond acceptors (Lipinski definition) is 4. The molecule has 0 aromatic rings. The largest absolute Gasteiger partial charge is 0.748 e. The normalized spacial score (nSPS) is 13.1. The maximum atomic E-state index is 12.0. The van der Waals surface area contributed by atoms with Gasteiger partial charge in [-0.2, -0.15) is 0 Å². The molecule has 24 heavy (non-hydrogen) atoms. The zero-order valence-corrected chi connectivity index (χ0v) is 16.9. The van der Waals surface area contributed by atoms with Crippen LogP contribution in [0, 0.1) is 5.41 Å². The van der Waals surface area contributed by atoms with Gasteiger partial charge in [0.15, 0.2) is 0 Å². The number of unbranched alkanes of at least 4 members (excludes halogenated alkanes) is 3. The molecule has 0 aliphatic rings. The fourth-order valence-corrected chi connectivity index (χ4v) is 2.95. The van der Waals surface area contributed by atoms with E-state index in [4.69, 9.17) is 0 Å². The molecule has 0 heterocycles. The van der Waals surface area contributed by atoms with Gasteiger partial charge in [-0.05, 0) is 25.7 Å². The van der Waals surface area contributed by atoms with E-state index in [-0.39, 0.29) is 17.1 Å². The van der Waals surface area contributed by atoms with E-state index in [1.807, 2.05) is 20.8 Å². The van der Waals surface area contributed by atoms with E-state index in [1.54, 1.807) is 0 Å². The van der Waals surface area contributed by atoms with Crippen LogP contribution in [0.4, 0.5) is 0 Å². The summed E-state index contributed by atoms with van der Waals surface area (Å²) >= 11 is 0. The van der Waals surface area contributed by atoms with Crippen molar-refractivity contribution in [3.63, 3.8) is 0 Å². The maximum absolute atomic E-state index is 12.0. The summed E-state index contributed by atoms with van der Waals surface area (Å²) in [6, 6.07) is 0. The molecule has 0 saturated carbocycles. The first-order chi connectivity index (χ1) is 10.9. The van der Waals surface area contributed by atoms with Gasteiger partial charge in [0.1, 0.15) is 0 Å². The Hall–Kier alpha value is -0.660. The van der Waals surface area contributed by atoms with Crippen molar-refractivity contribution in [2.45, 2.75) is 59.3 Å². The van der Waals surface area contributed by atoms with Crippen molar-refractivity contribution in [2.24, 2.45) is 5.41 Å². The van der Waals surface area contributed by atoms with Gasteiger partial charge in [0.25, 0.3) is 0 Å². The zero-order valence-electron chi connectivity index (χ0n) is 16.1. The predicted molar refractivity (Wildman–Crippen MR) is 96.6 cm³/mol. The van der Waals surface area contributed by atoms with Crippen molar-refractivity contribution in [3.8, 4) is 0 Å². The Labute approximate surface area is 148 Å². The van der Waals surface area contributed by atoms with Crippen LogP contribution < -0.4 is 5.32 Å².